The second kappa shape index (κ2) is 8.33. The van der Waals surface area contributed by atoms with Crippen LogP contribution >= 0.6 is 0 Å². The Morgan fingerprint density at radius 2 is 1.69 bits per heavy atom. The summed E-state index contributed by atoms with van der Waals surface area (Å²) in [5.74, 6) is -0.917. The van der Waals surface area contributed by atoms with Crippen molar-refractivity contribution in [2.75, 3.05) is 16.3 Å². The van der Waals surface area contributed by atoms with Crippen LogP contribution in [0.3, 0.4) is 0 Å². The minimum atomic E-state index is -0.582. The number of hydrogen-bond acceptors (Lipinski definition) is 5. The number of hydrogen-bond donors (Lipinski definition) is 0. The third-order valence-electron chi connectivity index (χ3n) is 8.34. The molecule has 2 saturated carbocycles. The highest BCUT2D eigenvalue weighted by Gasteiger charge is 2.61. The summed E-state index contributed by atoms with van der Waals surface area (Å²) in [6, 6.07) is 14.3. The van der Waals surface area contributed by atoms with E-state index in [1.54, 1.807) is 29.2 Å². The molecule has 7 heteroatoms. The molecule has 2 aromatic carbocycles. The first-order valence-electron chi connectivity index (χ1n) is 12.5. The average molecular weight is 473 g/mol. The fourth-order valence-electron chi connectivity index (χ4n) is 6.72. The standard InChI is InChI=1S/C28H28N2O5/c1-2-16-6-3-4-9-22(16)29-15-19(13-23(29)31)28(34)35-21-8-5-7-20(14-21)30-26(32)24-17-10-11-18(12-17)25(24)27(30)33/h3-9,14,17-19,24-25H,2,10-13,15H2,1H3/t17-,18-,19-,24-,25+/m0/s1. The Labute approximate surface area is 204 Å². The molecule has 5 atom stereocenters. The number of esters is 1. The monoisotopic (exact) mass is 472 g/mol. The number of aryl methyl sites for hydroxylation is 1. The van der Waals surface area contributed by atoms with Gasteiger partial charge in [0.15, 0.2) is 0 Å². The van der Waals surface area contributed by atoms with Crippen molar-refractivity contribution in [1.29, 1.82) is 0 Å². The topological polar surface area (TPSA) is 84.0 Å². The molecule has 4 fully saturated rings. The summed E-state index contributed by atoms with van der Waals surface area (Å²) in [7, 11) is 0. The fourth-order valence-corrected chi connectivity index (χ4v) is 6.72. The molecule has 0 aromatic heterocycles. The van der Waals surface area contributed by atoms with E-state index in [0.29, 0.717) is 17.5 Å². The molecule has 0 spiro atoms. The van der Waals surface area contributed by atoms with Crippen LogP contribution in [-0.4, -0.2) is 30.2 Å². The third-order valence-corrected chi connectivity index (χ3v) is 8.34. The number of imide groups is 1. The second-order valence-corrected chi connectivity index (χ2v) is 10.2. The maximum Gasteiger partial charge on any atom is 0.316 e. The smallest absolute Gasteiger partial charge is 0.316 e. The number of benzene rings is 2. The predicted molar refractivity (Wildman–Crippen MR) is 129 cm³/mol. The quantitative estimate of drug-likeness (QED) is 0.376. The van der Waals surface area contributed by atoms with Crippen molar-refractivity contribution in [3.63, 3.8) is 0 Å². The van der Waals surface area contributed by atoms with Gasteiger partial charge < -0.3 is 9.64 Å². The number of para-hydroxylation sites is 1. The third kappa shape index (κ3) is 3.48. The lowest BCUT2D eigenvalue weighted by atomic mass is 9.81. The van der Waals surface area contributed by atoms with Crippen molar-refractivity contribution in [3.05, 3.63) is 54.1 Å². The van der Waals surface area contributed by atoms with Gasteiger partial charge in [-0.3, -0.25) is 19.2 Å². The van der Waals surface area contributed by atoms with E-state index in [1.807, 2.05) is 31.2 Å². The molecule has 180 valence electrons. The van der Waals surface area contributed by atoms with Crippen LogP contribution in [0.4, 0.5) is 11.4 Å². The van der Waals surface area contributed by atoms with Crippen LogP contribution in [0.5, 0.6) is 5.75 Å². The summed E-state index contributed by atoms with van der Waals surface area (Å²) in [6.45, 7) is 2.30. The molecule has 0 radical (unpaired) electrons. The van der Waals surface area contributed by atoms with Gasteiger partial charge in [0.25, 0.3) is 0 Å². The van der Waals surface area contributed by atoms with Crippen LogP contribution in [-0.2, 0) is 25.6 Å². The zero-order chi connectivity index (χ0) is 24.3. The molecule has 2 heterocycles. The maximum atomic E-state index is 13.1. The average Bonchev–Trinajstić information content (AvgIpc) is 3.62. The van der Waals surface area contributed by atoms with Crippen molar-refractivity contribution in [2.45, 2.75) is 39.0 Å². The number of carbonyl (C=O) groups excluding carboxylic acids is 4. The number of ether oxygens (including phenoxy) is 1. The molecule has 2 aliphatic heterocycles. The molecular formula is C28H28N2O5. The van der Waals surface area contributed by atoms with Gasteiger partial charge in [-0.2, -0.15) is 0 Å². The molecular weight excluding hydrogens is 444 g/mol. The largest absolute Gasteiger partial charge is 0.426 e. The van der Waals surface area contributed by atoms with Gasteiger partial charge in [-0.05, 0) is 61.3 Å². The van der Waals surface area contributed by atoms with Crippen LogP contribution in [0.25, 0.3) is 0 Å². The lowest BCUT2D eigenvalue weighted by Gasteiger charge is -2.20. The van der Waals surface area contributed by atoms with Crippen LogP contribution in [0.1, 0.15) is 38.2 Å². The molecule has 35 heavy (non-hydrogen) atoms. The van der Waals surface area contributed by atoms with Crippen LogP contribution in [0.15, 0.2) is 48.5 Å². The van der Waals surface area contributed by atoms with Crippen molar-refractivity contribution < 1.29 is 23.9 Å². The Balaban J connectivity index is 1.17. The Morgan fingerprint density at radius 3 is 2.40 bits per heavy atom. The van der Waals surface area contributed by atoms with Gasteiger partial charge in [-0.25, -0.2) is 4.90 Å². The lowest BCUT2D eigenvalue weighted by molar-refractivity contribution is -0.139. The normalized spacial score (nSPS) is 29.3. The maximum absolute atomic E-state index is 13.1. The van der Waals surface area contributed by atoms with Gasteiger partial charge in [0.2, 0.25) is 17.7 Å². The fraction of sp³-hybridized carbons (Fsp3) is 0.429. The summed E-state index contributed by atoms with van der Waals surface area (Å²) >= 11 is 0. The number of anilines is 2. The minimum absolute atomic E-state index is 0.0891. The van der Waals surface area contributed by atoms with Gasteiger partial charge in [-0.15, -0.1) is 0 Å². The number of fused-ring (bicyclic) bond motifs is 5. The molecule has 7 nitrogen and oxygen atoms in total. The van der Waals surface area contributed by atoms with Crippen molar-refractivity contribution in [1.82, 2.24) is 0 Å². The molecule has 2 aromatic rings. The molecule has 0 N–H and O–H groups in total. The SMILES string of the molecule is CCc1ccccc1N1C[C@@H](C(=O)Oc2cccc(N3C(=O)[C@@H]4[C@H]5CC[C@@H](C5)[C@@H]4C3=O)c2)CC1=O. The summed E-state index contributed by atoms with van der Waals surface area (Å²) in [4.78, 5) is 54.9. The first-order valence-corrected chi connectivity index (χ1v) is 12.5. The molecule has 6 rings (SSSR count). The van der Waals surface area contributed by atoms with E-state index in [1.165, 1.54) is 4.90 Å². The Kier molecular flexibility index (Phi) is 5.24. The highest BCUT2D eigenvalue weighted by molar-refractivity contribution is 6.22. The van der Waals surface area contributed by atoms with Crippen molar-refractivity contribution in [3.8, 4) is 5.75 Å². The summed E-state index contributed by atoms with van der Waals surface area (Å²) in [5, 5.41) is 0. The molecule has 2 aliphatic carbocycles. The molecule has 4 aliphatic rings. The Bertz CT molecular complexity index is 1210. The van der Waals surface area contributed by atoms with Gasteiger partial charge >= 0.3 is 5.97 Å². The highest BCUT2D eigenvalue weighted by Crippen LogP contribution is 2.56. The number of amides is 3. The first kappa shape index (κ1) is 22.0. The van der Waals surface area contributed by atoms with E-state index < -0.39 is 11.9 Å². The van der Waals surface area contributed by atoms with Crippen molar-refractivity contribution in [2.24, 2.45) is 29.6 Å². The van der Waals surface area contributed by atoms with Crippen LogP contribution in [0, 0.1) is 29.6 Å². The zero-order valence-electron chi connectivity index (χ0n) is 19.7. The van der Waals surface area contributed by atoms with Gasteiger partial charge in [0.1, 0.15) is 5.75 Å². The second-order valence-electron chi connectivity index (χ2n) is 10.2. The summed E-state index contributed by atoms with van der Waals surface area (Å²) in [6.07, 6.45) is 3.91. The molecule has 0 unspecified atom stereocenters. The first-order chi connectivity index (χ1) is 17.0. The minimum Gasteiger partial charge on any atom is -0.426 e. The lowest BCUT2D eigenvalue weighted by Crippen LogP contribution is -2.32. The highest BCUT2D eigenvalue weighted by atomic mass is 16.5. The van der Waals surface area contributed by atoms with Gasteiger partial charge in [0, 0.05) is 24.7 Å². The molecule has 2 bridgehead atoms. The van der Waals surface area contributed by atoms with Crippen molar-refractivity contribution >= 4 is 35.1 Å². The Morgan fingerprint density at radius 1 is 0.971 bits per heavy atom. The van der Waals surface area contributed by atoms with E-state index in [2.05, 4.69) is 0 Å². The van der Waals surface area contributed by atoms with Crippen LogP contribution < -0.4 is 14.5 Å². The number of carbonyl (C=O) groups is 4. The summed E-state index contributed by atoms with van der Waals surface area (Å²) in [5.41, 5.74) is 2.34. The number of rotatable bonds is 5. The van der Waals surface area contributed by atoms with E-state index in [0.717, 1.165) is 36.9 Å². The van der Waals surface area contributed by atoms with E-state index in [-0.39, 0.29) is 48.3 Å². The predicted octanol–water partition coefficient (Wildman–Crippen LogP) is 3.74. The van der Waals surface area contributed by atoms with E-state index >= 15 is 0 Å². The van der Waals surface area contributed by atoms with Gasteiger partial charge in [0.05, 0.1) is 23.4 Å². The molecule has 3 amide bonds. The number of nitrogens with zero attached hydrogens (tertiary/aromatic N) is 2. The zero-order valence-corrected chi connectivity index (χ0v) is 19.7. The van der Waals surface area contributed by atoms with E-state index in [4.69, 9.17) is 4.74 Å². The summed E-state index contributed by atoms with van der Waals surface area (Å²) < 4.78 is 5.64. The van der Waals surface area contributed by atoms with Crippen LogP contribution in [0.2, 0.25) is 0 Å². The van der Waals surface area contributed by atoms with Gasteiger partial charge in [-0.1, -0.05) is 31.2 Å². The van der Waals surface area contributed by atoms with E-state index in [9.17, 15) is 19.2 Å². The molecule has 2 saturated heterocycles. The Hall–Kier alpha value is -3.48.